The third-order valence-electron chi connectivity index (χ3n) is 3.07. The van der Waals surface area contributed by atoms with E-state index in [0.717, 1.165) is 25.6 Å². The molecule has 2 atom stereocenters. The maximum atomic E-state index is 11.1. The number of nitrogens with two attached hydrogens (primary N) is 1. The van der Waals surface area contributed by atoms with Crippen LogP contribution in [0.15, 0.2) is 24.3 Å². The summed E-state index contributed by atoms with van der Waals surface area (Å²) in [5, 5.41) is 3.39. The zero-order valence-corrected chi connectivity index (χ0v) is 11.2. The largest absolute Gasteiger partial charge is 0.327 e. The van der Waals surface area contributed by atoms with Crippen molar-refractivity contribution >= 4 is 15.7 Å². The van der Waals surface area contributed by atoms with Gasteiger partial charge in [0.05, 0.1) is 6.26 Å². The Hall–Kier alpha value is -1.11. The smallest absolute Gasteiger partial charge is 0.229 e. The first kappa shape index (κ1) is 13.3. The summed E-state index contributed by atoms with van der Waals surface area (Å²) in [5.41, 5.74) is 7.59. The van der Waals surface area contributed by atoms with E-state index in [-0.39, 0.29) is 6.04 Å². The summed E-state index contributed by atoms with van der Waals surface area (Å²) in [5.74, 6) is 0. The van der Waals surface area contributed by atoms with E-state index in [1.165, 1.54) is 5.56 Å². The Morgan fingerprint density at radius 2 is 1.94 bits per heavy atom. The van der Waals surface area contributed by atoms with Crippen LogP contribution in [0.2, 0.25) is 0 Å². The standard InChI is InChI=1S/C12H19N3O2S/c1-18(16,17)15-11-5-2-9(3-6-11)12-7-4-10(13)8-14-12/h2-3,5-6,10,12,14-15H,4,7-8,13H2,1H3. The molecule has 0 spiro atoms. The molecule has 100 valence electrons. The fraction of sp³-hybridized carbons (Fsp3) is 0.500. The maximum absolute atomic E-state index is 11.1. The fourth-order valence-electron chi connectivity index (χ4n) is 2.16. The molecule has 0 amide bonds. The van der Waals surface area contributed by atoms with E-state index >= 15 is 0 Å². The van der Waals surface area contributed by atoms with E-state index in [0.29, 0.717) is 11.7 Å². The van der Waals surface area contributed by atoms with Gasteiger partial charge >= 0.3 is 0 Å². The highest BCUT2D eigenvalue weighted by atomic mass is 32.2. The third-order valence-corrected chi connectivity index (χ3v) is 3.68. The summed E-state index contributed by atoms with van der Waals surface area (Å²) in [7, 11) is -3.20. The van der Waals surface area contributed by atoms with Crippen molar-refractivity contribution in [3.63, 3.8) is 0 Å². The maximum Gasteiger partial charge on any atom is 0.229 e. The first-order chi connectivity index (χ1) is 8.44. The van der Waals surface area contributed by atoms with Crippen LogP contribution in [0.25, 0.3) is 0 Å². The molecule has 0 aromatic heterocycles. The quantitative estimate of drug-likeness (QED) is 0.758. The van der Waals surface area contributed by atoms with Gasteiger partial charge in [-0.05, 0) is 30.5 Å². The topological polar surface area (TPSA) is 84.2 Å². The lowest BCUT2D eigenvalue weighted by Gasteiger charge is -2.28. The highest BCUT2D eigenvalue weighted by Crippen LogP contribution is 2.23. The normalized spacial score (nSPS) is 24.8. The molecule has 4 N–H and O–H groups in total. The number of rotatable bonds is 3. The fourth-order valence-corrected chi connectivity index (χ4v) is 2.72. The second-order valence-corrected chi connectivity index (χ2v) is 6.54. The molecular weight excluding hydrogens is 250 g/mol. The Bertz CT molecular complexity index is 491. The van der Waals surface area contributed by atoms with Gasteiger partial charge in [-0.25, -0.2) is 8.42 Å². The zero-order chi connectivity index (χ0) is 13.2. The SMILES string of the molecule is CS(=O)(=O)Nc1ccc(C2CCC(N)CN2)cc1. The lowest BCUT2D eigenvalue weighted by molar-refractivity contribution is 0.373. The van der Waals surface area contributed by atoms with Gasteiger partial charge in [0.1, 0.15) is 0 Å². The lowest BCUT2D eigenvalue weighted by atomic mass is 9.95. The Balaban J connectivity index is 2.03. The number of hydrogen-bond acceptors (Lipinski definition) is 4. The number of piperidine rings is 1. The van der Waals surface area contributed by atoms with Gasteiger partial charge < -0.3 is 11.1 Å². The summed E-state index contributed by atoms with van der Waals surface area (Å²) in [6, 6.07) is 8.02. The molecule has 0 radical (unpaired) electrons. The van der Waals surface area contributed by atoms with Crippen LogP contribution in [-0.4, -0.2) is 27.3 Å². The van der Waals surface area contributed by atoms with E-state index in [1.807, 2.05) is 12.1 Å². The van der Waals surface area contributed by atoms with Gasteiger partial charge in [-0.15, -0.1) is 0 Å². The third kappa shape index (κ3) is 3.69. The molecule has 1 saturated heterocycles. The van der Waals surface area contributed by atoms with Gasteiger partial charge in [-0.2, -0.15) is 0 Å². The van der Waals surface area contributed by atoms with E-state index in [4.69, 9.17) is 5.73 Å². The van der Waals surface area contributed by atoms with Gasteiger partial charge in [0, 0.05) is 24.3 Å². The number of nitrogens with one attached hydrogen (secondary N) is 2. The molecular formula is C12H19N3O2S. The number of anilines is 1. The van der Waals surface area contributed by atoms with Crippen LogP contribution in [-0.2, 0) is 10.0 Å². The first-order valence-corrected chi connectivity index (χ1v) is 7.90. The summed E-state index contributed by atoms with van der Waals surface area (Å²) >= 11 is 0. The highest BCUT2D eigenvalue weighted by Gasteiger charge is 2.18. The Labute approximate surface area is 108 Å². The van der Waals surface area contributed by atoms with Gasteiger partial charge in [0.2, 0.25) is 10.0 Å². The molecule has 1 aliphatic heterocycles. The average molecular weight is 269 g/mol. The minimum Gasteiger partial charge on any atom is -0.327 e. The Kier molecular flexibility index (Phi) is 3.89. The van der Waals surface area contributed by atoms with Gasteiger partial charge in [-0.1, -0.05) is 12.1 Å². The molecule has 2 rings (SSSR count). The number of hydrogen-bond donors (Lipinski definition) is 3. The molecule has 18 heavy (non-hydrogen) atoms. The van der Waals surface area contributed by atoms with Crippen LogP contribution >= 0.6 is 0 Å². The van der Waals surface area contributed by atoms with Crippen LogP contribution < -0.4 is 15.8 Å². The van der Waals surface area contributed by atoms with Crippen LogP contribution in [0.3, 0.4) is 0 Å². The van der Waals surface area contributed by atoms with E-state index in [2.05, 4.69) is 10.0 Å². The van der Waals surface area contributed by atoms with Crippen molar-refractivity contribution in [2.24, 2.45) is 5.73 Å². The molecule has 1 aromatic rings. The second-order valence-electron chi connectivity index (χ2n) is 4.79. The van der Waals surface area contributed by atoms with Crippen LogP contribution in [0.4, 0.5) is 5.69 Å². The zero-order valence-electron chi connectivity index (χ0n) is 10.4. The predicted molar refractivity (Wildman–Crippen MR) is 72.9 cm³/mol. The Morgan fingerprint density at radius 1 is 1.28 bits per heavy atom. The van der Waals surface area contributed by atoms with Gasteiger partial charge in [-0.3, -0.25) is 4.72 Å². The molecule has 1 aromatic carbocycles. The molecule has 1 fully saturated rings. The van der Waals surface area contributed by atoms with Crippen molar-refractivity contribution in [1.82, 2.24) is 5.32 Å². The predicted octanol–water partition coefficient (Wildman–Crippen LogP) is 0.810. The first-order valence-electron chi connectivity index (χ1n) is 6.01. The van der Waals surface area contributed by atoms with Crippen molar-refractivity contribution in [3.8, 4) is 0 Å². The van der Waals surface area contributed by atoms with E-state index < -0.39 is 10.0 Å². The van der Waals surface area contributed by atoms with E-state index in [1.54, 1.807) is 12.1 Å². The molecule has 6 heteroatoms. The average Bonchev–Trinajstić information content (AvgIpc) is 2.29. The van der Waals surface area contributed by atoms with Crippen molar-refractivity contribution < 1.29 is 8.42 Å². The molecule has 0 bridgehead atoms. The van der Waals surface area contributed by atoms with Crippen molar-refractivity contribution in [2.75, 3.05) is 17.5 Å². The molecule has 0 aliphatic carbocycles. The van der Waals surface area contributed by atoms with Crippen molar-refractivity contribution in [2.45, 2.75) is 24.9 Å². The number of sulfonamides is 1. The second kappa shape index (κ2) is 5.26. The summed E-state index contributed by atoms with van der Waals surface area (Å²) in [6.45, 7) is 0.827. The van der Waals surface area contributed by atoms with Crippen LogP contribution in [0, 0.1) is 0 Å². The van der Waals surface area contributed by atoms with Crippen LogP contribution in [0.5, 0.6) is 0 Å². The summed E-state index contributed by atoms with van der Waals surface area (Å²) in [4.78, 5) is 0. The lowest BCUT2D eigenvalue weighted by Crippen LogP contribution is -2.41. The Morgan fingerprint density at radius 3 is 2.44 bits per heavy atom. The van der Waals surface area contributed by atoms with Crippen molar-refractivity contribution in [1.29, 1.82) is 0 Å². The highest BCUT2D eigenvalue weighted by molar-refractivity contribution is 7.92. The molecule has 1 aliphatic rings. The minimum atomic E-state index is -3.20. The molecule has 1 heterocycles. The molecule has 0 saturated carbocycles. The minimum absolute atomic E-state index is 0.243. The molecule has 5 nitrogen and oxygen atoms in total. The van der Waals surface area contributed by atoms with Gasteiger partial charge in [0.25, 0.3) is 0 Å². The monoisotopic (exact) mass is 269 g/mol. The summed E-state index contributed by atoms with van der Waals surface area (Å²) in [6.07, 6.45) is 3.17. The van der Waals surface area contributed by atoms with Crippen LogP contribution in [0.1, 0.15) is 24.4 Å². The molecule has 2 unspecified atom stereocenters. The van der Waals surface area contributed by atoms with Crippen molar-refractivity contribution in [3.05, 3.63) is 29.8 Å². The summed E-state index contributed by atoms with van der Waals surface area (Å²) < 4.78 is 24.6. The number of benzene rings is 1. The van der Waals surface area contributed by atoms with E-state index in [9.17, 15) is 8.42 Å². The van der Waals surface area contributed by atoms with Gasteiger partial charge in [0.15, 0.2) is 0 Å².